The Kier molecular flexibility index (Phi) is 8.98. The van der Waals surface area contributed by atoms with Crippen LogP contribution in [0.1, 0.15) is 65.4 Å². The number of aromatic nitrogens is 1. The first-order valence-corrected chi connectivity index (χ1v) is 13.1. The highest BCUT2D eigenvalue weighted by Gasteiger charge is 2.35. The second kappa shape index (κ2) is 12.4. The fourth-order valence-electron chi connectivity index (χ4n) is 4.63. The van der Waals surface area contributed by atoms with E-state index in [1.54, 1.807) is 35.0 Å². The van der Waals surface area contributed by atoms with Crippen molar-refractivity contribution < 1.29 is 32.6 Å². The van der Waals surface area contributed by atoms with Crippen LogP contribution in [0.5, 0.6) is 11.5 Å². The minimum atomic E-state index is -2.96. The molecule has 1 saturated heterocycles. The summed E-state index contributed by atoms with van der Waals surface area (Å²) in [6.45, 7) is 2.02. The molecule has 3 amide bonds. The van der Waals surface area contributed by atoms with Crippen molar-refractivity contribution in [2.75, 3.05) is 33.3 Å². The molecule has 11 heteroatoms. The summed E-state index contributed by atoms with van der Waals surface area (Å²) in [5, 5.41) is 2.84. The molecule has 2 fully saturated rings. The molecular formula is C28H34F2N4O5. The number of ether oxygens (including phenoxy) is 2. The van der Waals surface area contributed by atoms with Gasteiger partial charge in [-0.1, -0.05) is 6.07 Å². The first kappa shape index (κ1) is 28.3. The van der Waals surface area contributed by atoms with Gasteiger partial charge in [-0.3, -0.25) is 19.4 Å². The molecule has 1 saturated carbocycles. The van der Waals surface area contributed by atoms with Gasteiger partial charge >= 0.3 is 6.61 Å². The van der Waals surface area contributed by atoms with Gasteiger partial charge in [0, 0.05) is 51.8 Å². The van der Waals surface area contributed by atoms with E-state index in [0.717, 1.165) is 18.4 Å². The van der Waals surface area contributed by atoms with E-state index in [1.165, 1.54) is 25.3 Å². The molecule has 0 radical (unpaired) electrons. The molecule has 4 rings (SSSR count). The summed E-state index contributed by atoms with van der Waals surface area (Å²) in [4.78, 5) is 44.8. The Morgan fingerprint density at radius 3 is 2.56 bits per heavy atom. The maximum Gasteiger partial charge on any atom is 0.387 e. The predicted molar refractivity (Wildman–Crippen MR) is 139 cm³/mol. The molecule has 1 unspecified atom stereocenters. The highest BCUT2D eigenvalue weighted by Crippen LogP contribution is 2.38. The molecule has 1 aliphatic carbocycles. The third-order valence-corrected chi connectivity index (χ3v) is 7.21. The second-order valence-corrected chi connectivity index (χ2v) is 10.1. The van der Waals surface area contributed by atoms with Crippen LogP contribution >= 0.6 is 0 Å². The average molecular weight is 545 g/mol. The number of pyridine rings is 1. The van der Waals surface area contributed by atoms with Gasteiger partial charge in [0.2, 0.25) is 5.91 Å². The zero-order valence-corrected chi connectivity index (χ0v) is 22.4. The highest BCUT2D eigenvalue weighted by molar-refractivity contribution is 5.96. The summed E-state index contributed by atoms with van der Waals surface area (Å²) in [5.74, 6) is -0.0935. The molecule has 39 heavy (non-hydrogen) atoms. The molecule has 1 aliphatic heterocycles. The van der Waals surface area contributed by atoms with Crippen LogP contribution in [0.3, 0.4) is 0 Å². The van der Waals surface area contributed by atoms with Crippen LogP contribution in [0.15, 0.2) is 36.5 Å². The summed E-state index contributed by atoms with van der Waals surface area (Å²) in [6, 6.07) is 7.71. The number of alkyl halides is 2. The molecule has 0 spiro atoms. The van der Waals surface area contributed by atoms with Crippen molar-refractivity contribution in [3.63, 3.8) is 0 Å². The van der Waals surface area contributed by atoms with E-state index < -0.39 is 12.5 Å². The molecule has 9 nitrogen and oxygen atoms in total. The molecule has 2 aromatic rings. The smallest absolute Gasteiger partial charge is 0.387 e. The van der Waals surface area contributed by atoms with Gasteiger partial charge in [-0.2, -0.15) is 8.78 Å². The molecule has 1 aromatic carbocycles. The number of likely N-dealkylation sites (tertiary alicyclic amines) is 1. The van der Waals surface area contributed by atoms with E-state index in [-0.39, 0.29) is 47.5 Å². The van der Waals surface area contributed by atoms with E-state index in [0.29, 0.717) is 37.6 Å². The molecule has 2 aliphatic rings. The Morgan fingerprint density at radius 2 is 1.95 bits per heavy atom. The van der Waals surface area contributed by atoms with Gasteiger partial charge in [0.1, 0.15) is 5.69 Å². The minimum absolute atomic E-state index is 0.0128. The highest BCUT2D eigenvalue weighted by atomic mass is 19.3. The summed E-state index contributed by atoms with van der Waals surface area (Å²) >= 11 is 0. The Bertz CT molecular complexity index is 1190. The van der Waals surface area contributed by atoms with Crippen LogP contribution in [0.2, 0.25) is 0 Å². The van der Waals surface area contributed by atoms with E-state index in [4.69, 9.17) is 4.74 Å². The lowest BCUT2D eigenvalue weighted by Crippen LogP contribution is -2.42. The van der Waals surface area contributed by atoms with Gasteiger partial charge < -0.3 is 24.6 Å². The summed E-state index contributed by atoms with van der Waals surface area (Å²) < 4.78 is 36.3. The SMILES string of the molecule is CCN(C)C(=O)c1ccc(C(=O)NC[C@H]2CC(c3ccc(OC(F)F)c(OCC4CC4)c3)CN2C(C)=O)nc1. The maximum absolute atomic E-state index is 12.9. The Morgan fingerprint density at radius 1 is 1.18 bits per heavy atom. The molecule has 2 atom stereocenters. The number of nitrogens with zero attached hydrogens (tertiary/aromatic N) is 3. The number of rotatable bonds is 11. The van der Waals surface area contributed by atoms with Crippen molar-refractivity contribution >= 4 is 17.7 Å². The van der Waals surface area contributed by atoms with Crippen LogP contribution in [0.4, 0.5) is 8.78 Å². The Hall–Kier alpha value is -3.76. The van der Waals surface area contributed by atoms with Crippen LogP contribution in [-0.2, 0) is 4.79 Å². The zero-order chi connectivity index (χ0) is 28.1. The van der Waals surface area contributed by atoms with Crippen LogP contribution in [0.25, 0.3) is 0 Å². The van der Waals surface area contributed by atoms with E-state index in [1.807, 2.05) is 6.92 Å². The number of amides is 3. The van der Waals surface area contributed by atoms with Gasteiger partial charge in [-0.25, -0.2) is 0 Å². The van der Waals surface area contributed by atoms with Crippen LogP contribution < -0.4 is 14.8 Å². The van der Waals surface area contributed by atoms with Gasteiger partial charge in [0.25, 0.3) is 11.8 Å². The number of halogens is 2. The Balaban J connectivity index is 1.41. The topological polar surface area (TPSA) is 101 Å². The monoisotopic (exact) mass is 544 g/mol. The molecule has 0 bridgehead atoms. The standard InChI is InChI=1S/C28H34F2N4O5/c1-4-33(3)27(37)20-7-9-23(31-13-20)26(36)32-14-22-11-21(15-34(22)17(2)35)19-8-10-24(39-28(29)30)25(12-19)38-16-18-5-6-18/h7-10,12-13,18,21-22,28H,4-6,11,14-16H2,1-3H3,(H,32,36)/t21?,22-/m1/s1. The quantitative estimate of drug-likeness (QED) is 0.463. The maximum atomic E-state index is 12.9. The summed E-state index contributed by atoms with van der Waals surface area (Å²) in [5.41, 5.74) is 1.41. The lowest BCUT2D eigenvalue weighted by atomic mass is 9.96. The molecule has 2 heterocycles. The number of nitrogens with one attached hydrogen (secondary N) is 1. The Labute approximate surface area is 226 Å². The third kappa shape index (κ3) is 7.21. The van der Waals surface area contributed by atoms with Gasteiger partial charge in [-0.05, 0) is 61.9 Å². The van der Waals surface area contributed by atoms with Crippen molar-refractivity contribution in [3.8, 4) is 11.5 Å². The molecule has 1 N–H and O–H groups in total. The largest absolute Gasteiger partial charge is 0.489 e. The first-order valence-electron chi connectivity index (χ1n) is 13.1. The number of carbonyl (C=O) groups is 3. The minimum Gasteiger partial charge on any atom is -0.489 e. The summed E-state index contributed by atoms with van der Waals surface area (Å²) in [7, 11) is 1.69. The lowest BCUT2D eigenvalue weighted by molar-refractivity contribution is -0.129. The molecular weight excluding hydrogens is 510 g/mol. The van der Waals surface area contributed by atoms with E-state index in [2.05, 4.69) is 15.0 Å². The van der Waals surface area contributed by atoms with Gasteiger partial charge in [0.05, 0.1) is 12.2 Å². The van der Waals surface area contributed by atoms with E-state index >= 15 is 0 Å². The first-order chi connectivity index (χ1) is 18.7. The number of benzene rings is 1. The lowest BCUT2D eigenvalue weighted by Gasteiger charge is -2.23. The number of hydrogen-bond acceptors (Lipinski definition) is 6. The van der Waals surface area contributed by atoms with Gasteiger partial charge in [-0.15, -0.1) is 0 Å². The van der Waals surface area contributed by atoms with Crippen LogP contribution in [-0.4, -0.2) is 78.4 Å². The van der Waals surface area contributed by atoms with Crippen LogP contribution in [0, 0.1) is 5.92 Å². The predicted octanol–water partition coefficient (Wildman–Crippen LogP) is 3.70. The molecule has 210 valence electrons. The normalized spacial score (nSPS) is 18.7. The third-order valence-electron chi connectivity index (χ3n) is 7.21. The van der Waals surface area contributed by atoms with Crippen molar-refractivity contribution in [1.29, 1.82) is 0 Å². The fourth-order valence-corrected chi connectivity index (χ4v) is 4.63. The van der Waals surface area contributed by atoms with Crippen molar-refractivity contribution in [3.05, 3.63) is 53.3 Å². The van der Waals surface area contributed by atoms with Crippen molar-refractivity contribution in [2.24, 2.45) is 5.92 Å². The van der Waals surface area contributed by atoms with Crippen molar-refractivity contribution in [2.45, 2.75) is 51.7 Å². The fraction of sp³-hybridized carbons (Fsp3) is 0.500. The summed E-state index contributed by atoms with van der Waals surface area (Å²) in [6.07, 6.45) is 4.06. The second-order valence-electron chi connectivity index (χ2n) is 10.1. The number of carbonyl (C=O) groups excluding carboxylic acids is 3. The zero-order valence-electron chi connectivity index (χ0n) is 22.4. The van der Waals surface area contributed by atoms with Crippen molar-refractivity contribution in [1.82, 2.24) is 20.1 Å². The average Bonchev–Trinajstić information content (AvgIpc) is 3.66. The molecule has 1 aromatic heterocycles. The van der Waals surface area contributed by atoms with Gasteiger partial charge in [0.15, 0.2) is 11.5 Å². The number of hydrogen-bond donors (Lipinski definition) is 1. The van der Waals surface area contributed by atoms with E-state index in [9.17, 15) is 23.2 Å².